The highest BCUT2D eigenvalue weighted by atomic mass is 35.5. The van der Waals surface area contributed by atoms with E-state index >= 15 is 0 Å². The summed E-state index contributed by atoms with van der Waals surface area (Å²) in [5.74, 6) is 0.366. The van der Waals surface area contributed by atoms with Crippen LogP contribution in [0.3, 0.4) is 0 Å². The van der Waals surface area contributed by atoms with E-state index in [1.54, 1.807) is 19.2 Å². The standard InChI is InChI=1S/C15H13Cl2FO/c1-9-7-10(4-6-14(9)19-2)15(17)11-3-5-13(18)12(16)8-11/h3-8,15H,1-2H3. The molecule has 0 aliphatic rings. The molecule has 0 aliphatic heterocycles. The topological polar surface area (TPSA) is 9.23 Å². The Morgan fingerprint density at radius 1 is 1.11 bits per heavy atom. The van der Waals surface area contributed by atoms with Crippen molar-refractivity contribution >= 4 is 23.2 Å². The fourth-order valence-corrected chi connectivity index (χ4v) is 2.38. The third kappa shape index (κ3) is 3.02. The van der Waals surface area contributed by atoms with Crippen LogP contribution < -0.4 is 4.74 Å². The predicted octanol–water partition coefficient (Wildman–Crippen LogP) is 5.12. The van der Waals surface area contributed by atoms with E-state index in [-0.39, 0.29) is 10.4 Å². The molecular formula is C15H13Cl2FO. The van der Waals surface area contributed by atoms with Crippen LogP contribution in [-0.4, -0.2) is 7.11 Å². The summed E-state index contributed by atoms with van der Waals surface area (Å²) in [6.07, 6.45) is 0. The van der Waals surface area contributed by atoms with E-state index in [0.717, 1.165) is 22.4 Å². The molecule has 0 amide bonds. The molecule has 19 heavy (non-hydrogen) atoms. The van der Waals surface area contributed by atoms with Crippen LogP contribution in [0.1, 0.15) is 22.1 Å². The fraction of sp³-hybridized carbons (Fsp3) is 0.200. The Labute approximate surface area is 121 Å². The van der Waals surface area contributed by atoms with Crippen LogP contribution in [0.15, 0.2) is 36.4 Å². The van der Waals surface area contributed by atoms with Crippen molar-refractivity contribution in [2.45, 2.75) is 12.3 Å². The van der Waals surface area contributed by atoms with Gasteiger partial charge in [0.25, 0.3) is 0 Å². The van der Waals surface area contributed by atoms with Crippen LogP contribution in [0, 0.1) is 12.7 Å². The van der Waals surface area contributed by atoms with Gasteiger partial charge < -0.3 is 4.74 Å². The van der Waals surface area contributed by atoms with Crippen molar-refractivity contribution < 1.29 is 9.13 Å². The minimum atomic E-state index is -0.444. The van der Waals surface area contributed by atoms with Crippen molar-refractivity contribution in [3.63, 3.8) is 0 Å². The highest BCUT2D eigenvalue weighted by molar-refractivity contribution is 6.31. The average molecular weight is 299 g/mol. The fourth-order valence-electron chi connectivity index (χ4n) is 1.92. The van der Waals surface area contributed by atoms with Gasteiger partial charge in [-0.05, 0) is 41.8 Å². The first-order chi connectivity index (χ1) is 9.02. The third-order valence-corrected chi connectivity index (χ3v) is 3.74. The maximum Gasteiger partial charge on any atom is 0.141 e. The second-order valence-corrected chi connectivity index (χ2v) is 5.11. The third-order valence-electron chi connectivity index (χ3n) is 2.95. The van der Waals surface area contributed by atoms with E-state index in [4.69, 9.17) is 27.9 Å². The molecule has 2 rings (SSSR count). The lowest BCUT2D eigenvalue weighted by Gasteiger charge is -2.13. The quantitative estimate of drug-likeness (QED) is 0.714. The highest BCUT2D eigenvalue weighted by Gasteiger charge is 2.14. The zero-order chi connectivity index (χ0) is 14.0. The van der Waals surface area contributed by atoms with Gasteiger partial charge in [-0.1, -0.05) is 29.8 Å². The van der Waals surface area contributed by atoms with E-state index in [1.807, 2.05) is 25.1 Å². The first-order valence-corrected chi connectivity index (χ1v) is 6.58. The van der Waals surface area contributed by atoms with E-state index in [2.05, 4.69) is 0 Å². The van der Waals surface area contributed by atoms with E-state index < -0.39 is 5.82 Å². The lowest BCUT2D eigenvalue weighted by atomic mass is 10.0. The monoisotopic (exact) mass is 298 g/mol. The van der Waals surface area contributed by atoms with Crippen LogP contribution in [0.4, 0.5) is 4.39 Å². The maximum atomic E-state index is 13.1. The number of benzene rings is 2. The van der Waals surface area contributed by atoms with Crippen molar-refractivity contribution in [3.8, 4) is 5.75 Å². The lowest BCUT2D eigenvalue weighted by Crippen LogP contribution is -1.96. The Morgan fingerprint density at radius 3 is 2.32 bits per heavy atom. The van der Waals surface area contributed by atoms with E-state index in [0.29, 0.717) is 0 Å². The molecule has 0 N–H and O–H groups in total. The number of halogens is 3. The van der Waals surface area contributed by atoms with E-state index in [9.17, 15) is 4.39 Å². The van der Waals surface area contributed by atoms with Crippen LogP contribution in [0.5, 0.6) is 5.75 Å². The summed E-state index contributed by atoms with van der Waals surface area (Å²) in [5.41, 5.74) is 2.68. The Bertz CT molecular complexity index is 599. The molecule has 0 aromatic heterocycles. The molecule has 0 saturated carbocycles. The summed E-state index contributed by atoms with van der Waals surface area (Å²) in [5, 5.41) is -0.295. The number of ether oxygens (including phenoxy) is 1. The predicted molar refractivity (Wildman–Crippen MR) is 76.8 cm³/mol. The second kappa shape index (κ2) is 5.81. The van der Waals surface area contributed by atoms with Crippen molar-refractivity contribution in [2.75, 3.05) is 7.11 Å². The van der Waals surface area contributed by atoms with Crippen LogP contribution in [0.2, 0.25) is 5.02 Å². The van der Waals surface area contributed by atoms with Gasteiger partial charge in [0.05, 0.1) is 17.5 Å². The molecule has 100 valence electrons. The molecular weight excluding hydrogens is 286 g/mol. The van der Waals surface area contributed by atoms with Crippen LogP contribution in [-0.2, 0) is 0 Å². The number of rotatable bonds is 3. The zero-order valence-electron chi connectivity index (χ0n) is 10.6. The number of alkyl halides is 1. The van der Waals surface area contributed by atoms with Crippen molar-refractivity contribution in [1.29, 1.82) is 0 Å². The highest BCUT2D eigenvalue weighted by Crippen LogP contribution is 2.33. The van der Waals surface area contributed by atoms with Gasteiger partial charge in [0.1, 0.15) is 11.6 Å². The second-order valence-electron chi connectivity index (χ2n) is 4.27. The molecule has 4 heteroatoms. The molecule has 0 heterocycles. The molecule has 0 saturated heterocycles. The number of aryl methyl sites for hydroxylation is 1. The molecule has 1 nitrogen and oxygen atoms in total. The minimum Gasteiger partial charge on any atom is -0.496 e. The number of methoxy groups -OCH3 is 1. The van der Waals surface area contributed by atoms with Crippen molar-refractivity contribution in [1.82, 2.24) is 0 Å². The first-order valence-electron chi connectivity index (χ1n) is 5.76. The molecule has 0 spiro atoms. The minimum absolute atomic E-state index is 0.0772. The van der Waals surface area contributed by atoms with Gasteiger partial charge in [0.15, 0.2) is 0 Å². The Balaban J connectivity index is 2.35. The average Bonchev–Trinajstić information content (AvgIpc) is 2.41. The molecule has 2 aromatic carbocycles. The largest absolute Gasteiger partial charge is 0.496 e. The van der Waals surface area contributed by atoms with Gasteiger partial charge in [-0.3, -0.25) is 0 Å². The number of hydrogen-bond donors (Lipinski definition) is 0. The Morgan fingerprint density at radius 2 is 1.74 bits per heavy atom. The van der Waals surface area contributed by atoms with Crippen LogP contribution in [0.25, 0.3) is 0 Å². The van der Waals surface area contributed by atoms with Gasteiger partial charge in [-0.25, -0.2) is 4.39 Å². The smallest absolute Gasteiger partial charge is 0.141 e. The molecule has 1 unspecified atom stereocenters. The number of hydrogen-bond acceptors (Lipinski definition) is 1. The Kier molecular flexibility index (Phi) is 4.33. The summed E-state index contributed by atoms with van der Waals surface area (Å²) in [6.45, 7) is 1.95. The summed E-state index contributed by atoms with van der Waals surface area (Å²) in [6, 6.07) is 10.2. The maximum absolute atomic E-state index is 13.1. The summed E-state index contributed by atoms with van der Waals surface area (Å²) < 4.78 is 18.3. The Hall–Kier alpha value is -1.25. The van der Waals surface area contributed by atoms with Gasteiger partial charge in [0.2, 0.25) is 0 Å². The van der Waals surface area contributed by atoms with E-state index in [1.165, 1.54) is 6.07 Å². The lowest BCUT2D eigenvalue weighted by molar-refractivity contribution is 0.411. The molecule has 1 atom stereocenters. The van der Waals surface area contributed by atoms with Crippen molar-refractivity contribution in [2.24, 2.45) is 0 Å². The molecule has 2 aromatic rings. The molecule has 0 aliphatic carbocycles. The zero-order valence-corrected chi connectivity index (χ0v) is 12.1. The molecule has 0 fully saturated rings. The molecule has 0 radical (unpaired) electrons. The molecule has 0 bridgehead atoms. The normalized spacial score (nSPS) is 12.3. The first kappa shape index (κ1) is 14.2. The summed E-state index contributed by atoms with van der Waals surface area (Å²) in [7, 11) is 1.62. The summed E-state index contributed by atoms with van der Waals surface area (Å²) in [4.78, 5) is 0. The van der Waals surface area contributed by atoms with Gasteiger partial charge >= 0.3 is 0 Å². The summed E-state index contributed by atoms with van der Waals surface area (Å²) >= 11 is 12.2. The van der Waals surface area contributed by atoms with Crippen molar-refractivity contribution in [3.05, 3.63) is 63.9 Å². The SMILES string of the molecule is COc1ccc(C(Cl)c2ccc(F)c(Cl)c2)cc1C. The van der Waals surface area contributed by atoms with Gasteiger partial charge in [-0.2, -0.15) is 0 Å². The van der Waals surface area contributed by atoms with Gasteiger partial charge in [0, 0.05) is 0 Å². The van der Waals surface area contributed by atoms with Crippen LogP contribution >= 0.6 is 23.2 Å². The van der Waals surface area contributed by atoms with Gasteiger partial charge in [-0.15, -0.1) is 11.6 Å².